The van der Waals surface area contributed by atoms with E-state index in [-0.39, 0.29) is 11.9 Å². The molecule has 0 saturated carbocycles. The van der Waals surface area contributed by atoms with E-state index in [2.05, 4.69) is 5.32 Å². The molecule has 3 nitrogen and oxygen atoms in total. The maximum atomic E-state index is 12.3. The molecule has 1 aromatic rings. The Kier molecular flexibility index (Phi) is 5.44. The van der Waals surface area contributed by atoms with Gasteiger partial charge in [-0.1, -0.05) is 17.7 Å². The molecular weight excluding hydrogens is 272 g/mol. The number of aryl methyl sites for hydroxylation is 1. The van der Waals surface area contributed by atoms with Crippen LogP contribution >= 0.6 is 11.6 Å². The highest BCUT2D eigenvalue weighted by Gasteiger charge is 2.21. The number of rotatable bonds is 4. The van der Waals surface area contributed by atoms with E-state index in [1.807, 2.05) is 36.9 Å². The molecule has 1 unspecified atom stereocenters. The summed E-state index contributed by atoms with van der Waals surface area (Å²) >= 11 is 5.95. The number of benzene rings is 1. The lowest BCUT2D eigenvalue weighted by atomic mass is 10.1. The van der Waals surface area contributed by atoms with E-state index < -0.39 is 0 Å². The molecule has 0 spiro atoms. The van der Waals surface area contributed by atoms with Gasteiger partial charge in [0.05, 0.1) is 6.04 Å². The average molecular weight is 295 g/mol. The molecule has 1 aliphatic rings. The SMILES string of the molecule is Cc1cc(Cl)ccc1CNC(C)C(=O)N1CCCCC1. The molecule has 2 rings (SSSR count). The smallest absolute Gasteiger partial charge is 0.239 e. The topological polar surface area (TPSA) is 32.3 Å². The zero-order chi connectivity index (χ0) is 14.5. The number of carbonyl (C=O) groups is 1. The molecule has 1 aliphatic heterocycles. The van der Waals surface area contributed by atoms with Gasteiger partial charge in [-0.15, -0.1) is 0 Å². The molecule has 0 aromatic heterocycles. The van der Waals surface area contributed by atoms with Gasteiger partial charge in [-0.05, 0) is 56.4 Å². The molecule has 1 saturated heterocycles. The van der Waals surface area contributed by atoms with E-state index in [9.17, 15) is 4.79 Å². The number of amides is 1. The predicted molar refractivity (Wildman–Crippen MR) is 82.9 cm³/mol. The summed E-state index contributed by atoms with van der Waals surface area (Å²) in [6, 6.07) is 5.73. The first-order valence-electron chi connectivity index (χ1n) is 7.35. The van der Waals surface area contributed by atoms with Gasteiger partial charge in [-0.3, -0.25) is 4.79 Å². The number of halogens is 1. The maximum absolute atomic E-state index is 12.3. The summed E-state index contributed by atoms with van der Waals surface area (Å²) in [7, 11) is 0. The monoisotopic (exact) mass is 294 g/mol. The maximum Gasteiger partial charge on any atom is 0.239 e. The van der Waals surface area contributed by atoms with Crippen LogP contribution in [0.25, 0.3) is 0 Å². The molecule has 1 atom stereocenters. The van der Waals surface area contributed by atoms with Crippen molar-refractivity contribution in [3.8, 4) is 0 Å². The Bertz CT molecular complexity index is 470. The Morgan fingerprint density at radius 3 is 2.70 bits per heavy atom. The number of hydrogen-bond acceptors (Lipinski definition) is 2. The van der Waals surface area contributed by atoms with Crippen molar-refractivity contribution in [2.24, 2.45) is 0 Å². The summed E-state index contributed by atoms with van der Waals surface area (Å²) in [5.41, 5.74) is 2.34. The normalized spacial score (nSPS) is 17.1. The molecule has 0 radical (unpaired) electrons. The first-order valence-corrected chi connectivity index (χ1v) is 7.73. The van der Waals surface area contributed by atoms with Crippen LogP contribution in [0.15, 0.2) is 18.2 Å². The molecule has 0 bridgehead atoms. The molecule has 1 N–H and O–H groups in total. The molecule has 0 aliphatic carbocycles. The summed E-state index contributed by atoms with van der Waals surface area (Å²) in [5.74, 6) is 0.219. The molecular formula is C16H23ClN2O. The summed E-state index contributed by atoms with van der Waals surface area (Å²) < 4.78 is 0. The van der Waals surface area contributed by atoms with E-state index in [1.54, 1.807) is 0 Å². The second kappa shape index (κ2) is 7.09. The zero-order valence-electron chi connectivity index (χ0n) is 12.3. The number of carbonyl (C=O) groups excluding carboxylic acids is 1. The lowest BCUT2D eigenvalue weighted by molar-refractivity contribution is -0.133. The van der Waals surface area contributed by atoms with Crippen molar-refractivity contribution in [2.75, 3.05) is 13.1 Å². The van der Waals surface area contributed by atoms with Crippen molar-refractivity contribution in [3.63, 3.8) is 0 Å². The zero-order valence-corrected chi connectivity index (χ0v) is 13.0. The fraction of sp³-hybridized carbons (Fsp3) is 0.562. The van der Waals surface area contributed by atoms with E-state index in [1.165, 1.54) is 12.0 Å². The minimum Gasteiger partial charge on any atom is -0.341 e. The van der Waals surface area contributed by atoms with Crippen LogP contribution in [-0.2, 0) is 11.3 Å². The molecule has 4 heteroatoms. The fourth-order valence-corrected chi connectivity index (χ4v) is 2.82. The Morgan fingerprint density at radius 2 is 2.05 bits per heavy atom. The van der Waals surface area contributed by atoms with Crippen LogP contribution in [0.1, 0.15) is 37.3 Å². The third-order valence-electron chi connectivity index (χ3n) is 3.94. The van der Waals surface area contributed by atoms with E-state index in [0.717, 1.165) is 36.5 Å². The summed E-state index contributed by atoms with van der Waals surface area (Å²) in [5, 5.41) is 4.08. The summed E-state index contributed by atoms with van der Waals surface area (Å²) in [6.07, 6.45) is 3.51. The van der Waals surface area contributed by atoms with E-state index in [0.29, 0.717) is 6.54 Å². The Hall–Kier alpha value is -1.06. The Morgan fingerprint density at radius 1 is 1.35 bits per heavy atom. The highest BCUT2D eigenvalue weighted by molar-refractivity contribution is 6.30. The van der Waals surface area contributed by atoms with Crippen LogP contribution in [0.3, 0.4) is 0 Å². The van der Waals surface area contributed by atoms with Gasteiger partial charge in [0.2, 0.25) is 5.91 Å². The van der Waals surface area contributed by atoms with Crippen LogP contribution < -0.4 is 5.32 Å². The number of piperidine rings is 1. The van der Waals surface area contributed by atoms with Crippen molar-refractivity contribution < 1.29 is 4.79 Å². The van der Waals surface area contributed by atoms with Crippen LogP contribution in [0.4, 0.5) is 0 Å². The minimum absolute atomic E-state index is 0.136. The Labute approximate surface area is 126 Å². The molecule has 1 heterocycles. The predicted octanol–water partition coefficient (Wildman–Crippen LogP) is 3.14. The molecule has 1 fully saturated rings. The van der Waals surface area contributed by atoms with Gasteiger partial charge in [0.1, 0.15) is 0 Å². The standard InChI is InChI=1S/C16H23ClN2O/c1-12-10-15(17)7-6-14(12)11-18-13(2)16(20)19-8-4-3-5-9-19/h6-7,10,13,18H,3-5,8-9,11H2,1-2H3. The van der Waals surface area contributed by atoms with Gasteiger partial charge in [0.15, 0.2) is 0 Å². The van der Waals surface area contributed by atoms with Gasteiger partial charge in [0.25, 0.3) is 0 Å². The summed E-state index contributed by atoms with van der Waals surface area (Å²) in [4.78, 5) is 14.3. The quantitative estimate of drug-likeness (QED) is 0.925. The van der Waals surface area contributed by atoms with Crippen LogP contribution in [0, 0.1) is 6.92 Å². The fourth-order valence-electron chi connectivity index (χ4n) is 2.60. The van der Waals surface area contributed by atoms with Crippen LogP contribution in [0.5, 0.6) is 0 Å². The van der Waals surface area contributed by atoms with Gasteiger partial charge >= 0.3 is 0 Å². The largest absolute Gasteiger partial charge is 0.341 e. The lowest BCUT2D eigenvalue weighted by Crippen LogP contribution is -2.46. The van der Waals surface area contributed by atoms with Gasteiger partial charge in [0, 0.05) is 24.7 Å². The van der Waals surface area contributed by atoms with Crippen molar-refractivity contribution in [1.82, 2.24) is 10.2 Å². The number of likely N-dealkylation sites (tertiary alicyclic amines) is 1. The van der Waals surface area contributed by atoms with Crippen LogP contribution in [0.2, 0.25) is 5.02 Å². The van der Waals surface area contributed by atoms with Crippen LogP contribution in [-0.4, -0.2) is 29.9 Å². The first-order chi connectivity index (χ1) is 9.58. The van der Waals surface area contributed by atoms with Crippen molar-refractivity contribution in [1.29, 1.82) is 0 Å². The molecule has 110 valence electrons. The van der Waals surface area contributed by atoms with Gasteiger partial charge in [-0.25, -0.2) is 0 Å². The molecule has 1 aromatic carbocycles. The van der Waals surface area contributed by atoms with E-state index >= 15 is 0 Å². The van der Waals surface area contributed by atoms with E-state index in [4.69, 9.17) is 11.6 Å². The Balaban J connectivity index is 1.87. The molecule has 1 amide bonds. The molecule has 20 heavy (non-hydrogen) atoms. The first kappa shape index (κ1) is 15.3. The average Bonchev–Trinajstić information content (AvgIpc) is 2.46. The van der Waals surface area contributed by atoms with Gasteiger partial charge in [-0.2, -0.15) is 0 Å². The van der Waals surface area contributed by atoms with Crippen molar-refractivity contribution in [2.45, 2.75) is 45.7 Å². The number of nitrogens with zero attached hydrogens (tertiary/aromatic N) is 1. The highest BCUT2D eigenvalue weighted by Crippen LogP contribution is 2.15. The van der Waals surface area contributed by atoms with Gasteiger partial charge < -0.3 is 10.2 Å². The lowest BCUT2D eigenvalue weighted by Gasteiger charge is -2.29. The second-order valence-electron chi connectivity index (χ2n) is 5.56. The van der Waals surface area contributed by atoms with Crippen molar-refractivity contribution in [3.05, 3.63) is 34.3 Å². The number of hydrogen-bond donors (Lipinski definition) is 1. The number of nitrogens with one attached hydrogen (secondary N) is 1. The third kappa shape index (κ3) is 3.97. The second-order valence-corrected chi connectivity index (χ2v) is 6.00. The summed E-state index contributed by atoms with van der Waals surface area (Å²) in [6.45, 7) is 6.50. The third-order valence-corrected chi connectivity index (χ3v) is 4.18. The highest BCUT2D eigenvalue weighted by atomic mass is 35.5. The minimum atomic E-state index is -0.136. The van der Waals surface area contributed by atoms with Crippen molar-refractivity contribution >= 4 is 17.5 Å².